The summed E-state index contributed by atoms with van der Waals surface area (Å²) in [4.78, 5) is 20.8. The predicted molar refractivity (Wildman–Crippen MR) is 147 cm³/mol. The first kappa shape index (κ1) is 33.4. The highest BCUT2D eigenvalue weighted by molar-refractivity contribution is 5.73. The fraction of sp³-hybridized carbons (Fsp3) is 0.500. The number of carbonyl (C=O) groups is 1. The van der Waals surface area contributed by atoms with Gasteiger partial charge < -0.3 is 9.64 Å². The Bertz CT molecular complexity index is 1530. The number of carbonyl (C=O) groups excluding carboxylic acids is 1. The van der Waals surface area contributed by atoms with Crippen LogP contribution >= 0.6 is 0 Å². The fourth-order valence-corrected chi connectivity index (χ4v) is 6.21. The van der Waals surface area contributed by atoms with Gasteiger partial charge in [-0.1, -0.05) is 19.3 Å². The van der Waals surface area contributed by atoms with Crippen LogP contribution in [0.4, 0.5) is 50.1 Å². The number of H-pyrrole nitrogens is 1. The average Bonchev–Trinajstić information content (AvgIpc) is 3.59. The van der Waals surface area contributed by atoms with E-state index in [9.17, 15) is 44.3 Å². The van der Waals surface area contributed by atoms with E-state index < -0.39 is 59.2 Å². The van der Waals surface area contributed by atoms with Gasteiger partial charge in [0, 0.05) is 35.5 Å². The summed E-state index contributed by atoms with van der Waals surface area (Å²) in [5, 5.41) is 5.48. The largest absolute Gasteiger partial charge is 0.439 e. The topological polar surface area (TPSA) is 74.4 Å². The van der Waals surface area contributed by atoms with Crippen LogP contribution in [0.5, 0.6) is 0 Å². The standard InChI is InChI=1S/C30H30F9N5O2/c1-3-43(22-7-5-4-6-8-22)26-19(9-18(13-40-26)23-14-41-42-25(23)30(37,38)39)15-44-16(2)24(46-27(44)45)17-10-20(28(31,32)33)12-21(11-17)29(34,35)36/h9-14,16,22,24H,3-8,15H2,1-2H3,(H,41,42)/t16-,24-/m0/s1. The number of nitrogens with zero attached hydrogens (tertiary/aromatic N) is 4. The number of benzene rings is 1. The first-order chi connectivity index (χ1) is 21.5. The van der Waals surface area contributed by atoms with Gasteiger partial charge in [0.1, 0.15) is 17.6 Å². The Hall–Kier alpha value is -3.98. The van der Waals surface area contributed by atoms with Crippen LogP contribution in [-0.2, 0) is 29.8 Å². The van der Waals surface area contributed by atoms with E-state index in [1.54, 1.807) is 0 Å². The van der Waals surface area contributed by atoms with Crippen LogP contribution in [-0.4, -0.2) is 44.8 Å². The Balaban J connectivity index is 1.55. The molecule has 1 N–H and O–H groups in total. The van der Waals surface area contributed by atoms with Crippen molar-refractivity contribution in [3.05, 3.63) is 64.6 Å². The van der Waals surface area contributed by atoms with Crippen molar-refractivity contribution in [3.63, 3.8) is 0 Å². The molecule has 2 atom stereocenters. The van der Waals surface area contributed by atoms with Crippen molar-refractivity contribution >= 4 is 11.9 Å². The molecule has 7 nitrogen and oxygen atoms in total. The molecule has 1 saturated carbocycles. The lowest BCUT2D eigenvalue weighted by molar-refractivity contribution is -0.143. The third-order valence-electron chi connectivity index (χ3n) is 8.48. The molecule has 1 amide bonds. The van der Waals surface area contributed by atoms with Gasteiger partial charge in [-0.3, -0.25) is 10.00 Å². The number of hydrogen-bond acceptors (Lipinski definition) is 5. The third-order valence-corrected chi connectivity index (χ3v) is 8.48. The molecule has 0 radical (unpaired) electrons. The third kappa shape index (κ3) is 6.75. The Morgan fingerprint density at radius 3 is 2.11 bits per heavy atom. The number of halogens is 9. The van der Waals surface area contributed by atoms with E-state index in [-0.39, 0.29) is 29.8 Å². The van der Waals surface area contributed by atoms with E-state index in [0.717, 1.165) is 43.2 Å². The summed E-state index contributed by atoms with van der Waals surface area (Å²) >= 11 is 0. The molecule has 1 saturated heterocycles. The number of pyridine rings is 1. The van der Waals surface area contributed by atoms with Gasteiger partial charge in [0.2, 0.25) is 0 Å². The number of alkyl halides is 9. The monoisotopic (exact) mass is 663 g/mol. The molecule has 0 bridgehead atoms. The van der Waals surface area contributed by atoms with Crippen molar-refractivity contribution in [2.75, 3.05) is 11.4 Å². The molecule has 2 aromatic heterocycles. The van der Waals surface area contributed by atoms with Crippen LogP contribution < -0.4 is 4.90 Å². The molecule has 3 aromatic rings. The molecule has 2 aliphatic rings. The summed E-state index contributed by atoms with van der Waals surface area (Å²) in [6, 6.07) is 1.46. The van der Waals surface area contributed by atoms with Gasteiger partial charge >= 0.3 is 24.6 Å². The second kappa shape index (κ2) is 12.3. The van der Waals surface area contributed by atoms with Crippen molar-refractivity contribution in [2.45, 2.75) is 89.2 Å². The average molecular weight is 664 g/mol. The molecule has 2 fully saturated rings. The lowest BCUT2D eigenvalue weighted by atomic mass is 9.93. The van der Waals surface area contributed by atoms with Crippen LogP contribution in [0.1, 0.15) is 80.0 Å². The van der Waals surface area contributed by atoms with Crippen LogP contribution in [0.25, 0.3) is 11.1 Å². The first-order valence-corrected chi connectivity index (χ1v) is 14.6. The van der Waals surface area contributed by atoms with E-state index >= 15 is 0 Å². The molecule has 0 unspecified atom stereocenters. The van der Waals surface area contributed by atoms with E-state index in [1.165, 1.54) is 19.2 Å². The number of aromatic nitrogens is 3. The minimum atomic E-state index is -5.10. The summed E-state index contributed by atoms with van der Waals surface area (Å²) in [5.41, 5.74) is -4.62. The van der Waals surface area contributed by atoms with Gasteiger partial charge in [0.05, 0.1) is 29.9 Å². The molecule has 3 heterocycles. The number of nitrogens with one attached hydrogen (secondary N) is 1. The Morgan fingerprint density at radius 2 is 1.54 bits per heavy atom. The fourth-order valence-electron chi connectivity index (χ4n) is 6.21. The van der Waals surface area contributed by atoms with Crippen molar-refractivity contribution in [1.82, 2.24) is 20.1 Å². The maximum absolute atomic E-state index is 13.7. The highest BCUT2D eigenvalue weighted by atomic mass is 19.4. The van der Waals surface area contributed by atoms with Crippen LogP contribution in [0.2, 0.25) is 0 Å². The second-order valence-electron chi connectivity index (χ2n) is 11.5. The van der Waals surface area contributed by atoms with Crippen LogP contribution in [0.3, 0.4) is 0 Å². The zero-order chi connectivity index (χ0) is 33.6. The molecular weight excluding hydrogens is 633 g/mol. The van der Waals surface area contributed by atoms with E-state index in [2.05, 4.69) is 10.1 Å². The van der Waals surface area contributed by atoms with Crippen LogP contribution in [0, 0.1) is 0 Å². The molecule has 46 heavy (non-hydrogen) atoms. The maximum Gasteiger partial charge on any atom is 0.433 e. The number of amides is 1. The molecule has 1 aliphatic carbocycles. The van der Waals surface area contributed by atoms with Gasteiger partial charge in [0.25, 0.3) is 0 Å². The van der Waals surface area contributed by atoms with Crippen LogP contribution in [0.15, 0.2) is 36.7 Å². The molecular formula is C30H30F9N5O2. The maximum atomic E-state index is 13.7. The van der Waals surface area contributed by atoms with E-state index in [4.69, 9.17) is 4.74 Å². The molecule has 16 heteroatoms. The highest BCUT2D eigenvalue weighted by Crippen LogP contribution is 2.42. The van der Waals surface area contributed by atoms with Gasteiger partial charge in [-0.15, -0.1) is 0 Å². The highest BCUT2D eigenvalue weighted by Gasteiger charge is 2.44. The summed E-state index contributed by atoms with van der Waals surface area (Å²) in [5.74, 6) is 0.400. The zero-order valence-corrected chi connectivity index (χ0v) is 24.7. The zero-order valence-electron chi connectivity index (χ0n) is 24.7. The van der Waals surface area contributed by atoms with Gasteiger partial charge in [-0.2, -0.15) is 44.6 Å². The number of cyclic esters (lactones) is 1. The molecule has 5 rings (SSSR count). The quantitative estimate of drug-likeness (QED) is 0.256. The van der Waals surface area contributed by atoms with Gasteiger partial charge in [-0.25, -0.2) is 9.78 Å². The summed E-state index contributed by atoms with van der Waals surface area (Å²) in [7, 11) is 0. The molecule has 1 aromatic carbocycles. The number of aromatic amines is 1. The SMILES string of the molecule is CCN(c1ncc(-c2cn[nH]c2C(F)(F)F)cc1CN1C(=O)O[C@H](c2cc(C(F)(F)F)cc(C(F)(F)F)c2)[C@@H]1C)C1CCCCC1. The first-order valence-electron chi connectivity index (χ1n) is 14.6. The Morgan fingerprint density at radius 1 is 0.913 bits per heavy atom. The number of hydrogen-bond donors (Lipinski definition) is 1. The molecule has 1 aliphatic heterocycles. The predicted octanol–water partition coefficient (Wildman–Crippen LogP) is 8.77. The Kier molecular flexibility index (Phi) is 8.94. The smallest absolute Gasteiger partial charge is 0.433 e. The van der Waals surface area contributed by atoms with Gasteiger partial charge in [0.15, 0.2) is 0 Å². The van der Waals surface area contributed by atoms with Crippen molar-refractivity contribution in [1.29, 1.82) is 0 Å². The lowest BCUT2D eigenvalue weighted by Gasteiger charge is -2.36. The number of ether oxygens (including phenoxy) is 1. The number of rotatable bonds is 7. The molecule has 250 valence electrons. The minimum absolute atomic E-state index is 0.0121. The summed E-state index contributed by atoms with van der Waals surface area (Å²) in [6.45, 7) is 3.49. The van der Waals surface area contributed by atoms with Crippen molar-refractivity contribution in [3.8, 4) is 11.1 Å². The van der Waals surface area contributed by atoms with Crippen molar-refractivity contribution in [2.24, 2.45) is 0 Å². The van der Waals surface area contributed by atoms with Gasteiger partial charge in [-0.05, 0) is 56.5 Å². The lowest BCUT2D eigenvalue weighted by Crippen LogP contribution is -2.39. The van der Waals surface area contributed by atoms with E-state index in [1.807, 2.05) is 16.9 Å². The van der Waals surface area contributed by atoms with Crippen molar-refractivity contribution < 1.29 is 49.0 Å². The summed E-state index contributed by atoms with van der Waals surface area (Å²) < 4.78 is 128. The second-order valence-corrected chi connectivity index (χ2v) is 11.5. The number of anilines is 1. The van der Waals surface area contributed by atoms with E-state index in [0.29, 0.717) is 30.1 Å². The Labute approximate surface area is 257 Å². The minimum Gasteiger partial charge on any atom is -0.439 e. The molecule has 0 spiro atoms. The summed E-state index contributed by atoms with van der Waals surface area (Å²) in [6.07, 6.45) is -10.5. The normalized spacial score (nSPS) is 19.9.